The summed E-state index contributed by atoms with van der Waals surface area (Å²) in [5, 5.41) is 11.9. The highest BCUT2D eigenvalue weighted by Gasteiger charge is 2.33. The number of benzene rings is 1. The van der Waals surface area contributed by atoms with Crippen molar-refractivity contribution < 1.29 is 14.7 Å². The maximum absolute atomic E-state index is 12.0. The van der Waals surface area contributed by atoms with Crippen LogP contribution in [0.3, 0.4) is 0 Å². The molecule has 0 bridgehead atoms. The van der Waals surface area contributed by atoms with Crippen LogP contribution in [0.2, 0.25) is 0 Å². The predicted octanol–water partition coefficient (Wildman–Crippen LogP) is 1.87. The Labute approximate surface area is 125 Å². The lowest BCUT2D eigenvalue weighted by Gasteiger charge is -2.14. The van der Waals surface area contributed by atoms with Gasteiger partial charge in [-0.05, 0) is 37.0 Å². The zero-order chi connectivity index (χ0) is 15.4. The number of carboxylic acids is 1. The summed E-state index contributed by atoms with van der Waals surface area (Å²) in [6.45, 7) is 0.487. The van der Waals surface area contributed by atoms with Gasteiger partial charge in [-0.15, -0.1) is 0 Å². The molecule has 21 heavy (non-hydrogen) atoms. The van der Waals surface area contributed by atoms with E-state index in [2.05, 4.69) is 5.32 Å². The number of nitrogens with zero attached hydrogens (tertiary/aromatic N) is 1. The summed E-state index contributed by atoms with van der Waals surface area (Å²) in [4.78, 5) is 25.0. The largest absolute Gasteiger partial charge is 0.481 e. The first kappa shape index (κ1) is 15.4. The Kier molecular flexibility index (Phi) is 4.83. The van der Waals surface area contributed by atoms with Crippen molar-refractivity contribution in [2.45, 2.75) is 25.8 Å². The van der Waals surface area contributed by atoms with Gasteiger partial charge in [0.25, 0.3) is 0 Å². The standard InChI is InChI=1S/C16H22N2O3/c1-18(2)14-7-3-11(4-8-14)10-17-15(19)12-5-6-13(9-12)16(20)21/h3-4,7-8,12-13H,5-6,9-10H2,1-2H3,(H,17,19)(H,20,21)/t12-,13+/m1/s1. The summed E-state index contributed by atoms with van der Waals surface area (Å²) >= 11 is 0. The fourth-order valence-corrected chi connectivity index (χ4v) is 2.69. The molecule has 0 saturated heterocycles. The highest BCUT2D eigenvalue weighted by Crippen LogP contribution is 2.31. The molecule has 0 spiro atoms. The van der Waals surface area contributed by atoms with Crippen LogP contribution < -0.4 is 10.2 Å². The van der Waals surface area contributed by atoms with Crippen molar-refractivity contribution in [3.8, 4) is 0 Å². The quantitative estimate of drug-likeness (QED) is 0.868. The van der Waals surface area contributed by atoms with Gasteiger partial charge in [-0.3, -0.25) is 9.59 Å². The molecule has 114 valence electrons. The minimum atomic E-state index is -0.787. The van der Waals surface area contributed by atoms with Gasteiger partial charge >= 0.3 is 5.97 Å². The molecule has 2 rings (SSSR count). The van der Waals surface area contributed by atoms with Crippen molar-refractivity contribution in [3.63, 3.8) is 0 Å². The fourth-order valence-electron chi connectivity index (χ4n) is 2.69. The molecular weight excluding hydrogens is 268 g/mol. The lowest BCUT2D eigenvalue weighted by atomic mass is 10.0. The molecule has 0 heterocycles. The van der Waals surface area contributed by atoms with Crippen LogP contribution in [0.5, 0.6) is 0 Å². The molecule has 0 aliphatic heterocycles. The molecular formula is C16H22N2O3. The van der Waals surface area contributed by atoms with Gasteiger partial charge in [0, 0.05) is 32.2 Å². The Morgan fingerprint density at radius 3 is 2.33 bits per heavy atom. The summed E-state index contributed by atoms with van der Waals surface area (Å²) in [6, 6.07) is 8.00. The van der Waals surface area contributed by atoms with E-state index in [1.165, 1.54) is 0 Å². The zero-order valence-corrected chi connectivity index (χ0v) is 12.5. The first-order valence-corrected chi connectivity index (χ1v) is 7.24. The van der Waals surface area contributed by atoms with Crippen LogP contribution in [0.1, 0.15) is 24.8 Å². The summed E-state index contributed by atoms with van der Waals surface area (Å²) < 4.78 is 0. The number of hydrogen-bond donors (Lipinski definition) is 2. The number of carbonyl (C=O) groups excluding carboxylic acids is 1. The van der Waals surface area contributed by atoms with Crippen molar-refractivity contribution >= 4 is 17.6 Å². The van der Waals surface area contributed by atoms with E-state index in [-0.39, 0.29) is 17.7 Å². The van der Waals surface area contributed by atoms with Gasteiger partial charge in [0.2, 0.25) is 5.91 Å². The molecule has 1 saturated carbocycles. The average molecular weight is 290 g/mol. The van der Waals surface area contributed by atoms with Crippen LogP contribution >= 0.6 is 0 Å². The third-order valence-corrected chi connectivity index (χ3v) is 4.07. The molecule has 1 aliphatic carbocycles. The third kappa shape index (κ3) is 3.97. The van der Waals surface area contributed by atoms with E-state index < -0.39 is 5.97 Å². The monoisotopic (exact) mass is 290 g/mol. The Morgan fingerprint density at radius 2 is 1.81 bits per heavy atom. The van der Waals surface area contributed by atoms with Crippen LogP contribution in [0.15, 0.2) is 24.3 Å². The van der Waals surface area contributed by atoms with Crippen molar-refractivity contribution in [3.05, 3.63) is 29.8 Å². The Hall–Kier alpha value is -2.04. The first-order valence-electron chi connectivity index (χ1n) is 7.24. The first-order chi connectivity index (χ1) is 9.97. The van der Waals surface area contributed by atoms with Crippen molar-refractivity contribution in [1.82, 2.24) is 5.32 Å². The van der Waals surface area contributed by atoms with Crippen molar-refractivity contribution in [1.29, 1.82) is 0 Å². The highest BCUT2D eigenvalue weighted by molar-refractivity contribution is 5.80. The number of anilines is 1. The minimum absolute atomic E-state index is 0.0320. The predicted molar refractivity (Wildman–Crippen MR) is 81.1 cm³/mol. The van der Waals surface area contributed by atoms with Crippen LogP contribution in [0.4, 0.5) is 5.69 Å². The Morgan fingerprint density at radius 1 is 1.19 bits per heavy atom. The summed E-state index contributed by atoms with van der Waals surface area (Å²) in [5.41, 5.74) is 2.16. The SMILES string of the molecule is CN(C)c1ccc(CNC(=O)[C@@H]2CC[C@H](C(=O)O)C2)cc1. The van der Waals surface area contributed by atoms with Crippen molar-refractivity contribution in [2.24, 2.45) is 11.8 Å². The van der Waals surface area contributed by atoms with Gasteiger partial charge in [0.1, 0.15) is 0 Å². The van der Waals surface area contributed by atoms with Gasteiger partial charge in [0.15, 0.2) is 0 Å². The van der Waals surface area contributed by atoms with E-state index >= 15 is 0 Å². The molecule has 2 N–H and O–H groups in total. The Balaban J connectivity index is 1.83. The lowest BCUT2D eigenvalue weighted by Crippen LogP contribution is -2.29. The van der Waals surface area contributed by atoms with Gasteiger partial charge in [0.05, 0.1) is 5.92 Å². The van der Waals surface area contributed by atoms with E-state index in [4.69, 9.17) is 5.11 Å². The minimum Gasteiger partial charge on any atom is -0.481 e. The summed E-state index contributed by atoms with van der Waals surface area (Å²) in [6.07, 6.45) is 1.73. The van der Waals surface area contributed by atoms with Gasteiger partial charge < -0.3 is 15.3 Å². The molecule has 1 aromatic carbocycles. The molecule has 5 heteroatoms. The number of rotatable bonds is 5. The number of carboxylic acid groups (broad SMARTS) is 1. The molecule has 1 aliphatic rings. The summed E-state index contributed by atoms with van der Waals surface area (Å²) in [5.74, 6) is -1.34. The van der Waals surface area contributed by atoms with E-state index in [1.807, 2.05) is 43.3 Å². The van der Waals surface area contributed by atoms with E-state index in [0.717, 1.165) is 11.3 Å². The van der Waals surface area contributed by atoms with Crippen LogP contribution in [0, 0.1) is 11.8 Å². The average Bonchev–Trinajstić information content (AvgIpc) is 2.95. The molecule has 0 unspecified atom stereocenters. The lowest BCUT2D eigenvalue weighted by molar-refractivity contribution is -0.141. The molecule has 0 radical (unpaired) electrons. The number of amides is 1. The van der Waals surface area contributed by atoms with Gasteiger partial charge in [-0.1, -0.05) is 12.1 Å². The molecule has 1 aromatic rings. The van der Waals surface area contributed by atoms with E-state index in [9.17, 15) is 9.59 Å². The van der Waals surface area contributed by atoms with Crippen LogP contribution in [-0.2, 0) is 16.1 Å². The Bertz CT molecular complexity index is 511. The van der Waals surface area contributed by atoms with Gasteiger partial charge in [-0.25, -0.2) is 0 Å². The smallest absolute Gasteiger partial charge is 0.306 e. The highest BCUT2D eigenvalue weighted by atomic mass is 16.4. The number of nitrogens with one attached hydrogen (secondary N) is 1. The molecule has 2 atom stereocenters. The van der Waals surface area contributed by atoms with Crippen LogP contribution in [0.25, 0.3) is 0 Å². The second-order valence-corrected chi connectivity index (χ2v) is 5.82. The van der Waals surface area contributed by atoms with Gasteiger partial charge in [-0.2, -0.15) is 0 Å². The molecule has 0 aromatic heterocycles. The maximum atomic E-state index is 12.0. The zero-order valence-electron chi connectivity index (χ0n) is 12.5. The normalized spacial score (nSPS) is 21.0. The number of hydrogen-bond acceptors (Lipinski definition) is 3. The van der Waals surface area contributed by atoms with E-state index in [0.29, 0.717) is 25.8 Å². The third-order valence-electron chi connectivity index (χ3n) is 4.07. The molecule has 1 fully saturated rings. The number of aliphatic carboxylic acids is 1. The fraction of sp³-hybridized carbons (Fsp3) is 0.500. The topological polar surface area (TPSA) is 69.6 Å². The molecule has 5 nitrogen and oxygen atoms in total. The second kappa shape index (κ2) is 6.61. The summed E-state index contributed by atoms with van der Waals surface area (Å²) in [7, 11) is 3.96. The maximum Gasteiger partial charge on any atom is 0.306 e. The molecule has 1 amide bonds. The van der Waals surface area contributed by atoms with Crippen LogP contribution in [-0.4, -0.2) is 31.1 Å². The van der Waals surface area contributed by atoms with E-state index in [1.54, 1.807) is 0 Å². The van der Waals surface area contributed by atoms with Crippen molar-refractivity contribution in [2.75, 3.05) is 19.0 Å². The number of carbonyl (C=O) groups is 2. The second-order valence-electron chi connectivity index (χ2n) is 5.82.